The maximum absolute atomic E-state index is 13.9. The minimum Gasteiger partial charge on any atom is -0.444 e. The second kappa shape index (κ2) is 12.8. The van der Waals surface area contributed by atoms with Crippen LogP contribution >= 0.6 is 0 Å². The van der Waals surface area contributed by atoms with Crippen LogP contribution in [0.5, 0.6) is 0 Å². The third-order valence-electron chi connectivity index (χ3n) is 9.75. The molecule has 1 aromatic carbocycles. The zero-order chi connectivity index (χ0) is 34.4. The number of nitrogens with one attached hydrogen (secondary N) is 3. The number of hydrogen-bond acceptors (Lipinski definition) is 7. The largest absolute Gasteiger partial charge is 0.444 e. The van der Waals surface area contributed by atoms with Gasteiger partial charge in [-0.15, -0.1) is 0 Å². The van der Waals surface area contributed by atoms with E-state index in [0.717, 1.165) is 25.0 Å². The normalized spacial score (nSPS) is 31.6. The van der Waals surface area contributed by atoms with Gasteiger partial charge in [0.2, 0.25) is 21.8 Å². The molecule has 11 nitrogen and oxygen atoms in total. The molecule has 2 aliphatic carbocycles. The maximum Gasteiger partial charge on any atom is 0.418 e. The summed E-state index contributed by atoms with van der Waals surface area (Å²) in [4.78, 5) is 55.0. The lowest BCUT2D eigenvalue weighted by Crippen LogP contribution is -2.57. The Morgan fingerprint density at radius 1 is 1.09 bits per heavy atom. The zero-order valence-electron chi connectivity index (χ0n) is 26.6. The van der Waals surface area contributed by atoms with Crippen molar-refractivity contribution in [1.82, 2.24) is 14.9 Å². The van der Waals surface area contributed by atoms with Gasteiger partial charge in [-0.05, 0) is 69.4 Å². The fourth-order valence-electron chi connectivity index (χ4n) is 6.55. The van der Waals surface area contributed by atoms with Crippen LogP contribution in [0.2, 0.25) is 0 Å². The van der Waals surface area contributed by atoms with E-state index in [9.17, 15) is 40.8 Å². The average Bonchev–Trinajstić information content (AvgIpc) is 3.84. The highest BCUT2D eigenvalue weighted by Gasteiger charge is 2.63. The molecule has 6 atom stereocenters. The number of halogens is 3. The lowest BCUT2D eigenvalue weighted by molar-refractivity contribution is -0.140. The first kappa shape index (κ1) is 34.7. The van der Waals surface area contributed by atoms with Crippen LogP contribution in [0.25, 0.3) is 0 Å². The molecule has 2 heterocycles. The quantitative estimate of drug-likeness (QED) is 0.387. The molecule has 0 aromatic heterocycles. The van der Waals surface area contributed by atoms with Crippen molar-refractivity contribution in [2.75, 3.05) is 11.9 Å². The number of sulfonamides is 1. The molecule has 4 aliphatic rings. The number of fused-ring (bicyclic) bond motifs is 2. The van der Waals surface area contributed by atoms with Crippen molar-refractivity contribution in [3.8, 4) is 0 Å². The molecule has 0 radical (unpaired) electrons. The zero-order valence-corrected chi connectivity index (χ0v) is 27.4. The van der Waals surface area contributed by atoms with Crippen molar-refractivity contribution >= 4 is 39.5 Å². The summed E-state index contributed by atoms with van der Waals surface area (Å²) in [6, 6.07) is 3.23. The number of benzene rings is 1. The van der Waals surface area contributed by atoms with Gasteiger partial charge in [0.25, 0.3) is 5.91 Å². The van der Waals surface area contributed by atoms with Gasteiger partial charge in [0, 0.05) is 18.8 Å². The Labute approximate surface area is 272 Å². The Bertz CT molecular complexity index is 1560. The molecule has 258 valence electrons. The summed E-state index contributed by atoms with van der Waals surface area (Å²) in [7, 11) is -4.00. The Morgan fingerprint density at radius 2 is 1.79 bits per heavy atom. The molecule has 1 aromatic rings. The molecule has 15 heteroatoms. The number of allylic oxidation sites excluding steroid dienone is 1. The average molecular weight is 683 g/mol. The van der Waals surface area contributed by atoms with Crippen molar-refractivity contribution in [2.24, 2.45) is 17.8 Å². The first-order valence-corrected chi connectivity index (χ1v) is 17.4. The molecular weight excluding hydrogens is 641 g/mol. The van der Waals surface area contributed by atoms with Gasteiger partial charge in [0.15, 0.2) is 0 Å². The highest BCUT2D eigenvalue weighted by atomic mass is 32.2. The summed E-state index contributed by atoms with van der Waals surface area (Å²) >= 11 is 0. The summed E-state index contributed by atoms with van der Waals surface area (Å²) in [5.74, 6) is -2.18. The molecule has 1 saturated heterocycles. The minimum absolute atomic E-state index is 0.0306. The Morgan fingerprint density at radius 3 is 2.47 bits per heavy atom. The Hall–Kier alpha value is -3.62. The van der Waals surface area contributed by atoms with Gasteiger partial charge in [-0.3, -0.25) is 24.4 Å². The van der Waals surface area contributed by atoms with Crippen LogP contribution in [0.15, 0.2) is 36.4 Å². The highest BCUT2D eigenvalue weighted by Crippen LogP contribution is 2.47. The lowest BCUT2D eigenvalue weighted by Gasteiger charge is -2.27. The molecule has 4 amide bonds. The summed E-state index contributed by atoms with van der Waals surface area (Å²) in [5.41, 5.74) is -3.13. The first-order valence-electron chi connectivity index (χ1n) is 15.9. The second-order valence-electron chi connectivity index (χ2n) is 13.8. The molecule has 3 N–H and O–H groups in total. The topological polar surface area (TPSA) is 151 Å². The number of carbonyl (C=O) groups excluding carboxylic acids is 4. The number of hydrogen-bond donors (Lipinski definition) is 3. The number of anilines is 1. The van der Waals surface area contributed by atoms with Crippen molar-refractivity contribution in [2.45, 2.75) is 101 Å². The standard InChI is InChI=1S/C32H41F3N4O7S/c1-19-8-4-5-9-21-17-31(21,28(42)38-47(44,45)30(3)12-13-30)37-27(41)25-16-22(18-39(25)26(40)15-20(2)14-19)46-29(43)36-24-11-7-6-10-23(24)32(33,34)35/h5-7,9-11,19-22,25H,4,8,12-18H2,1-3H3,(H,36,43)(H,37,41)(H,38,42)/b9-5-/t19-,20-,21?,22-,25+,31-/m1/s1. The Balaban J connectivity index is 1.37. The molecule has 2 aliphatic heterocycles. The van der Waals surface area contributed by atoms with Crippen LogP contribution in [0, 0.1) is 17.8 Å². The van der Waals surface area contributed by atoms with Crippen LogP contribution < -0.4 is 15.4 Å². The predicted octanol–water partition coefficient (Wildman–Crippen LogP) is 4.50. The Kier molecular flexibility index (Phi) is 9.43. The minimum atomic E-state index is -4.73. The van der Waals surface area contributed by atoms with E-state index in [0.29, 0.717) is 19.3 Å². The number of para-hydroxylation sites is 1. The van der Waals surface area contributed by atoms with Gasteiger partial charge in [-0.2, -0.15) is 13.2 Å². The van der Waals surface area contributed by atoms with Gasteiger partial charge >= 0.3 is 12.3 Å². The van der Waals surface area contributed by atoms with Crippen molar-refractivity contribution in [3.05, 3.63) is 42.0 Å². The fraction of sp³-hybridized carbons (Fsp3) is 0.625. The number of nitrogens with zero attached hydrogens (tertiary/aromatic N) is 1. The monoisotopic (exact) mass is 682 g/mol. The van der Waals surface area contributed by atoms with E-state index >= 15 is 0 Å². The number of amides is 4. The second-order valence-corrected chi connectivity index (χ2v) is 16.0. The van der Waals surface area contributed by atoms with E-state index in [2.05, 4.69) is 22.3 Å². The molecule has 0 spiro atoms. The lowest BCUT2D eigenvalue weighted by atomic mass is 9.91. The number of carbonyl (C=O) groups is 4. The molecule has 2 saturated carbocycles. The van der Waals surface area contributed by atoms with Gasteiger partial charge in [-0.1, -0.05) is 38.1 Å². The van der Waals surface area contributed by atoms with Gasteiger partial charge < -0.3 is 15.0 Å². The van der Waals surface area contributed by atoms with Gasteiger partial charge in [0.1, 0.15) is 17.7 Å². The van der Waals surface area contributed by atoms with Crippen LogP contribution in [0.4, 0.5) is 23.7 Å². The van der Waals surface area contributed by atoms with Crippen molar-refractivity contribution < 1.29 is 45.5 Å². The fourth-order valence-corrected chi connectivity index (χ4v) is 7.86. The highest BCUT2D eigenvalue weighted by molar-refractivity contribution is 7.91. The van der Waals surface area contributed by atoms with Crippen LogP contribution in [0.3, 0.4) is 0 Å². The van der Waals surface area contributed by atoms with E-state index in [-0.39, 0.29) is 43.6 Å². The van der Waals surface area contributed by atoms with E-state index in [4.69, 9.17) is 4.74 Å². The summed E-state index contributed by atoms with van der Waals surface area (Å²) < 4.78 is 72.7. The van der Waals surface area contributed by atoms with Crippen molar-refractivity contribution in [1.29, 1.82) is 0 Å². The van der Waals surface area contributed by atoms with Gasteiger partial charge in [-0.25, -0.2) is 13.2 Å². The SMILES string of the molecule is C[C@@H]1CC/C=C\C2C[C@@]2(C(=O)NS(=O)(=O)C2(C)CC2)NC(=O)[C@@H]2C[C@@H](OC(=O)Nc3ccccc3C(F)(F)F)CN2C(=O)C[C@H](C)C1. The summed E-state index contributed by atoms with van der Waals surface area (Å²) in [6.45, 7) is 5.36. The summed E-state index contributed by atoms with van der Waals surface area (Å²) in [5, 5.41) is 4.85. The van der Waals surface area contributed by atoms with E-state index in [1.165, 1.54) is 17.0 Å². The van der Waals surface area contributed by atoms with Gasteiger partial charge in [0.05, 0.1) is 22.5 Å². The predicted molar refractivity (Wildman–Crippen MR) is 165 cm³/mol. The number of alkyl halides is 3. The van der Waals surface area contributed by atoms with E-state index in [1.807, 2.05) is 19.1 Å². The van der Waals surface area contributed by atoms with E-state index in [1.54, 1.807) is 6.92 Å². The molecule has 3 fully saturated rings. The van der Waals surface area contributed by atoms with E-state index < -0.39 is 73.7 Å². The van der Waals surface area contributed by atoms with Crippen LogP contribution in [-0.2, 0) is 35.3 Å². The van der Waals surface area contributed by atoms with Crippen LogP contribution in [-0.4, -0.2) is 66.1 Å². The third-order valence-corrected chi connectivity index (χ3v) is 11.9. The van der Waals surface area contributed by atoms with Crippen molar-refractivity contribution in [3.63, 3.8) is 0 Å². The smallest absolute Gasteiger partial charge is 0.418 e. The molecule has 47 heavy (non-hydrogen) atoms. The third kappa shape index (κ3) is 7.60. The molecule has 5 rings (SSSR count). The number of ether oxygens (including phenoxy) is 1. The summed E-state index contributed by atoms with van der Waals surface area (Å²) in [6.07, 6.45) is -0.0385. The first-order chi connectivity index (χ1) is 21.9. The van der Waals surface area contributed by atoms with Crippen LogP contribution in [0.1, 0.15) is 77.7 Å². The number of rotatable bonds is 5. The maximum atomic E-state index is 13.9. The molecule has 1 unspecified atom stereocenters. The molecular formula is C32H41F3N4O7S. The molecule has 0 bridgehead atoms.